The van der Waals surface area contributed by atoms with Gasteiger partial charge in [-0.3, -0.25) is 0 Å². The summed E-state index contributed by atoms with van der Waals surface area (Å²) in [7, 11) is 0. The minimum Gasteiger partial charge on any atom is -0.462 e. The zero-order valence-corrected chi connectivity index (χ0v) is 14.5. The highest BCUT2D eigenvalue weighted by Crippen LogP contribution is 2.24. The van der Waals surface area contributed by atoms with E-state index < -0.39 is 11.9 Å². The van der Waals surface area contributed by atoms with Crippen LogP contribution < -0.4 is 0 Å². The smallest absolute Gasteiger partial charge is 0.345 e. The summed E-state index contributed by atoms with van der Waals surface area (Å²) in [5.41, 5.74) is 2.04. The summed E-state index contributed by atoms with van der Waals surface area (Å²) in [6.45, 7) is 5.58. The van der Waals surface area contributed by atoms with Gasteiger partial charge in [-0.25, -0.2) is 14.6 Å². The third-order valence-corrected chi connectivity index (χ3v) is 3.55. The molecule has 24 heavy (non-hydrogen) atoms. The van der Waals surface area contributed by atoms with E-state index in [1.165, 1.54) is 6.08 Å². The van der Waals surface area contributed by atoms with Crippen molar-refractivity contribution in [3.63, 3.8) is 0 Å². The van der Waals surface area contributed by atoms with Gasteiger partial charge in [-0.2, -0.15) is 0 Å². The lowest BCUT2D eigenvalue weighted by atomic mass is 10.1. The third kappa shape index (κ3) is 4.11. The van der Waals surface area contributed by atoms with Crippen LogP contribution >= 0.6 is 11.6 Å². The van der Waals surface area contributed by atoms with Crippen LogP contribution in [-0.2, 0) is 19.1 Å². The molecule has 0 saturated carbocycles. The van der Waals surface area contributed by atoms with E-state index in [1.54, 1.807) is 19.9 Å². The van der Waals surface area contributed by atoms with E-state index in [4.69, 9.17) is 21.1 Å². The lowest BCUT2D eigenvalue weighted by Gasteiger charge is -2.08. The highest BCUT2D eigenvalue weighted by Gasteiger charge is 2.21. The topological polar surface area (TPSA) is 65.5 Å². The lowest BCUT2D eigenvalue weighted by molar-refractivity contribution is -0.146. The first-order chi connectivity index (χ1) is 11.5. The summed E-state index contributed by atoms with van der Waals surface area (Å²) < 4.78 is 9.83. The number of benzene rings is 1. The van der Waals surface area contributed by atoms with Gasteiger partial charge in [0.15, 0.2) is 0 Å². The van der Waals surface area contributed by atoms with Gasteiger partial charge in [0, 0.05) is 10.9 Å². The normalized spacial score (nSPS) is 10.3. The predicted octanol–water partition coefficient (Wildman–Crippen LogP) is 3.71. The lowest BCUT2D eigenvalue weighted by Crippen LogP contribution is -2.18. The molecule has 1 heterocycles. The molecule has 1 aromatic carbocycles. The van der Waals surface area contributed by atoms with Gasteiger partial charge in [-0.1, -0.05) is 23.7 Å². The van der Waals surface area contributed by atoms with Crippen molar-refractivity contribution >= 4 is 40.5 Å². The summed E-state index contributed by atoms with van der Waals surface area (Å²) in [5, 5.41) is 1.04. The molecule has 5 nitrogen and oxygen atoms in total. The van der Waals surface area contributed by atoms with E-state index in [1.807, 2.05) is 25.1 Å². The maximum Gasteiger partial charge on any atom is 0.345 e. The fourth-order valence-electron chi connectivity index (χ4n) is 2.15. The number of hydrogen-bond acceptors (Lipinski definition) is 5. The van der Waals surface area contributed by atoms with Crippen LogP contribution in [0.25, 0.3) is 17.0 Å². The van der Waals surface area contributed by atoms with E-state index in [2.05, 4.69) is 4.98 Å². The molecule has 126 valence electrons. The van der Waals surface area contributed by atoms with Crippen molar-refractivity contribution in [3.05, 3.63) is 46.1 Å². The van der Waals surface area contributed by atoms with Crippen LogP contribution in [0.3, 0.4) is 0 Å². The molecule has 2 aromatic rings. The molecule has 1 aromatic heterocycles. The second-order valence-corrected chi connectivity index (χ2v) is 5.42. The monoisotopic (exact) mass is 347 g/mol. The minimum absolute atomic E-state index is 0.151. The van der Waals surface area contributed by atoms with Crippen LogP contribution in [0.1, 0.15) is 25.0 Å². The molecule has 0 aliphatic carbocycles. The van der Waals surface area contributed by atoms with Gasteiger partial charge >= 0.3 is 11.9 Å². The average Bonchev–Trinajstić information content (AvgIpc) is 2.53. The van der Waals surface area contributed by atoms with E-state index in [0.717, 1.165) is 16.5 Å². The predicted molar refractivity (Wildman–Crippen MR) is 92.7 cm³/mol. The van der Waals surface area contributed by atoms with Crippen molar-refractivity contribution in [3.8, 4) is 0 Å². The van der Waals surface area contributed by atoms with Crippen molar-refractivity contribution in [1.82, 2.24) is 4.98 Å². The number of halogens is 1. The number of pyridine rings is 1. The fourth-order valence-corrected chi connectivity index (χ4v) is 2.35. The maximum absolute atomic E-state index is 12.0. The first-order valence-corrected chi connectivity index (χ1v) is 7.96. The number of nitrogens with zero attached hydrogens (tertiary/aromatic N) is 1. The molecule has 0 atom stereocenters. The SMILES string of the molecule is CCOC(=O)C(=Cc1cc2ccc(C)cc2nc1Cl)C(=O)OCC. The van der Waals surface area contributed by atoms with Crippen LogP contribution in [0, 0.1) is 6.92 Å². The summed E-state index contributed by atoms with van der Waals surface area (Å²) in [6.07, 6.45) is 1.35. The van der Waals surface area contributed by atoms with Crippen molar-refractivity contribution < 1.29 is 19.1 Å². The quantitative estimate of drug-likeness (QED) is 0.271. The van der Waals surface area contributed by atoms with Crippen molar-refractivity contribution in [2.75, 3.05) is 13.2 Å². The van der Waals surface area contributed by atoms with E-state index in [-0.39, 0.29) is 23.9 Å². The van der Waals surface area contributed by atoms with Crippen molar-refractivity contribution in [1.29, 1.82) is 0 Å². The van der Waals surface area contributed by atoms with Gasteiger partial charge in [0.05, 0.1) is 18.7 Å². The maximum atomic E-state index is 12.0. The van der Waals surface area contributed by atoms with E-state index in [0.29, 0.717) is 5.56 Å². The molecule has 2 rings (SSSR count). The molecule has 0 aliphatic heterocycles. The minimum atomic E-state index is -0.754. The summed E-state index contributed by atoms with van der Waals surface area (Å²) in [6, 6.07) is 7.53. The molecule has 0 unspecified atom stereocenters. The Balaban J connectivity index is 2.52. The first-order valence-electron chi connectivity index (χ1n) is 7.59. The number of carbonyl (C=O) groups excluding carboxylic acids is 2. The zero-order valence-electron chi connectivity index (χ0n) is 13.8. The molecule has 0 amide bonds. The van der Waals surface area contributed by atoms with Crippen molar-refractivity contribution in [2.24, 2.45) is 0 Å². The van der Waals surface area contributed by atoms with Crippen LogP contribution in [0.2, 0.25) is 5.15 Å². The number of rotatable bonds is 5. The Morgan fingerprint density at radius 3 is 2.33 bits per heavy atom. The van der Waals surface area contributed by atoms with Gasteiger partial charge in [0.1, 0.15) is 10.7 Å². The molecule has 0 N–H and O–H groups in total. The number of esters is 2. The molecule has 0 aliphatic rings. The molecule has 0 spiro atoms. The Labute approximate surface area is 145 Å². The Morgan fingerprint density at radius 2 is 1.75 bits per heavy atom. The van der Waals surface area contributed by atoms with Crippen LogP contribution in [0.15, 0.2) is 29.8 Å². The van der Waals surface area contributed by atoms with Gasteiger partial charge in [-0.15, -0.1) is 0 Å². The number of hydrogen-bond donors (Lipinski definition) is 0. The number of aromatic nitrogens is 1. The number of fused-ring (bicyclic) bond motifs is 1. The van der Waals surface area contributed by atoms with E-state index >= 15 is 0 Å². The molecule has 0 bridgehead atoms. The Bertz CT molecular complexity index is 794. The molecular formula is C18H18ClNO4. The molecule has 0 radical (unpaired) electrons. The Hall–Kier alpha value is -2.40. The second-order valence-electron chi connectivity index (χ2n) is 5.06. The summed E-state index contributed by atoms with van der Waals surface area (Å²) in [5.74, 6) is -1.51. The largest absolute Gasteiger partial charge is 0.462 e. The second kappa shape index (κ2) is 7.93. The highest BCUT2D eigenvalue weighted by atomic mass is 35.5. The number of carbonyl (C=O) groups is 2. The molecule has 6 heteroatoms. The summed E-state index contributed by atoms with van der Waals surface area (Å²) in [4.78, 5) is 28.4. The standard InChI is InChI=1S/C18H18ClNO4/c1-4-23-17(21)14(18(22)24-5-2)10-13-9-12-7-6-11(3)8-15(12)20-16(13)19/h6-10H,4-5H2,1-3H3. The van der Waals surface area contributed by atoms with Gasteiger partial charge in [0.2, 0.25) is 0 Å². The Morgan fingerprint density at radius 1 is 1.12 bits per heavy atom. The van der Waals surface area contributed by atoms with E-state index in [9.17, 15) is 9.59 Å². The van der Waals surface area contributed by atoms with Crippen LogP contribution in [0.5, 0.6) is 0 Å². The van der Waals surface area contributed by atoms with Gasteiger partial charge in [0.25, 0.3) is 0 Å². The Kier molecular flexibility index (Phi) is 5.93. The summed E-state index contributed by atoms with van der Waals surface area (Å²) >= 11 is 6.20. The first kappa shape index (κ1) is 17.9. The van der Waals surface area contributed by atoms with Crippen molar-refractivity contribution in [2.45, 2.75) is 20.8 Å². The van der Waals surface area contributed by atoms with Crippen LogP contribution in [0.4, 0.5) is 0 Å². The fraction of sp³-hybridized carbons (Fsp3) is 0.278. The molecular weight excluding hydrogens is 330 g/mol. The van der Waals surface area contributed by atoms with Crippen LogP contribution in [-0.4, -0.2) is 30.1 Å². The highest BCUT2D eigenvalue weighted by molar-refractivity contribution is 6.32. The van der Waals surface area contributed by atoms with Gasteiger partial charge < -0.3 is 9.47 Å². The third-order valence-electron chi connectivity index (χ3n) is 3.24. The molecule has 0 fully saturated rings. The number of aryl methyl sites for hydroxylation is 1. The zero-order chi connectivity index (χ0) is 17.7. The average molecular weight is 348 g/mol. The molecule has 0 saturated heterocycles. The van der Waals surface area contributed by atoms with Gasteiger partial charge in [-0.05, 0) is 44.5 Å². The number of ether oxygens (including phenoxy) is 2.